The lowest BCUT2D eigenvalue weighted by atomic mass is 10.2. The molecule has 0 heterocycles. The summed E-state index contributed by atoms with van der Waals surface area (Å²) in [5, 5.41) is 2.40. The van der Waals surface area contributed by atoms with Crippen molar-refractivity contribution in [2.45, 2.75) is 6.54 Å². The van der Waals surface area contributed by atoms with Crippen molar-refractivity contribution >= 4 is 27.3 Å². The van der Waals surface area contributed by atoms with Gasteiger partial charge in [0.1, 0.15) is 5.75 Å². The highest BCUT2D eigenvalue weighted by Crippen LogP contribution is 2.24. The largest absolute Gasteiger partial charge is 0.484 e. The average molecular weight is 446 g/mol. The topological polar surface area (TPSA) is 75.7 Å². The van der Waals surface area contributed by atoms with Crippen LogP contribution in [0.3, 0.4) is 0 Å². The molecule has 162 valence electrons. The van der Waals surface area contributed by atoms with Gasteiger partial charge in [-0.2, -0.15) is 0 Å². The molecule has 3 rings (SSSR count). The number of hydrogen-bond acceptors (Lipinski definition) is 4. The third-order valence-electron chi connectivity index (χ3n) is 4.27. The van der Waals surface area contributed by atoms with Gasteiger partial charge in [0.05, 0.1) is 18.5 Å². The summed E-state index contributed by atoms with van der Waals surface area (Å²) < 4.78 is 57.3. The monoisotopic (exact) mass is 446 g/mol. The highest BCUT2D eigenvalue weighted by atomic mass is 32.2. The second-order valence-electron chi connectivity index (χ2n) is 6.71. The quantitative estimate of drug-likeness (QED) is 0.569. The van der Waals surface area contributed by atoms with E-state index in [1.807, 2.05) is 30.3 Å². The van der Waals surface area contributed by atoms with Crippen LogP contribution in [-0.4, -0.2) is 27.2 Å². The van der Waals surface area contributed by atoms with Crippen molar-refractivity contribution < 1.29 is 26.7 Å². The highest BCUT2D eigenvalue weighted by molar-refractivity contribution is 7.92. The van der Waals surface area contributed by atoms with Crippen LogP contribution in [0, 0.1) is 11.6 Å². The summed E-state index contributed by atoms with van der Waals surface area (Å²) in [5.41, 5.74) is 1.39. The van der Waals surface area contributed by atoms with Crippen LogP contribution < -0.4 is 14.4 Å². The smallest absolute Gasteiger partial charge is 0.262 e. The van der Waals surface area contributed by atoms with Crippen LogP contribution in [0.15, 0.2) is 72.8 Å². The summed E-state index contributed by atoms with van der Waals surface area (Å²) in [4.78, 5) is 12.0. The van der Waals surface area contributed by atoms with E-state index in [1.165, 1.54) is 10.4 Å². The summed E-state index contributed by atoms with van der Waals surface area (Å²) in [6.45, 7) is -0.186. The first-order chi connectivity index (χ1) is 14.7. The number of nitrogens with zero attached hydrogens (tertiary/aromatic N) is 1. The van der Waals surface area contributed by atoms with E-state index in [0.717, 1.165) is 24.0 Å². The minimum atomic E-state index is -3.52. The molecule has 0 atom stereocenters. The molecule has 6 nitrogen and oxygen atoms in total. The van der Waals surface area contributed by atoms with Crippen LogP contribution in [0.1, 0.15) is 5.56 Å². The van der Waals surface area contributed by atoms with Crippen molar-refractivity contribution in [3.63, 3.8) is 0 Å². The van der Waals surface area contributed by atoms with E-state index in [4.69, 9.17) is 4.74 Å². The number of ether oxygens (including phenoxy) is 1. The van der Waals surface area contributed by atoms with Crippen molar-refractivity contribution in [3.8, 4) is 5.75 Å². The number of rotatable bonds is 8. The van der Waals surface area contributed by atoms with Gasteiger partial charge in [-0.1, -0.05) is 30.3 Å². The summed E-state index contributed by atoms with van der Waals surface area (Å²) in [7, 11) is -3.52. The molecule has 9 heteroatoms. The summed E-state index contributed by atoms with van der Waals surface area (Å²) in [5.74, 6) is -2.29. The number of carbonyl (C=O) groups is 1. The normalized spacial score (nSPS) is 11.1. The zero-order valence-electron chi connectivity index (χ0n) is 16.6. The summed E-state index contributed by atoms with van der Waals surface area (Å²) in [6, 6.07) is 18.4. The summed E-state index contributed by atoms with van der Waals surface area (Å²) >= 11 is 0. The van der Waals surface area contributed by atoms with Gasteiger partial charge in [-0.15, -0.1) is 0 Å². The number of sulfonamides is 1. The van der Waals surface area contributed by atoms with E-state index in [0.29, 0.717) is 11.4 Å². The molecule has 0 bridgehead atoms. The van der Waals surface area contributed by atoms with Gasteiger partial charge in [-0.05, 0) is 42.0 Å². The Morgan fingerprint density at radius 3 is 2.26 bits per heavy atom. The van der Waals surface area contributed by atoms with Crippen molar-refractivity contribution in [1.82, 2.24) is 0 Å². The lowest BCUT2D eigenvalue weighted by Gasteiger charge is -2.22. The van der Waals surface area contributed by atoms with Crippen LogP contribution in [0.4, 0.5) is 20.2 Å². The van der Waals surface area contributed by atoms with Gasteiger partial charge in [0, 0.05) is 11.8 Å². The Labute approximate surface area is 179 Å². The van der Waals surface area contributed by atoms with E-state index in [2.05, 4.69) is 5.32 Å². The Kier molecular flexibility index (Phi) is 6.86. The molecule has 0 aliphatic rings. The number of nitrogens with one attached hydrogen (secondary N) is 1. The van der Waals surface area contributed by atoms with Gasteiger partial charge < -0.3 is 10.1 Å². The zero-order valence-corrected chi connectivity index (χ0v) is 17.4. The van der Waals surface area contributed by atoms with Gasteiger partial charge in [0.15, 0.2) is 18.2 Å². The maximum atomic E-state index is 13.2. The number of halogens is 2. The maximum absolute atomic E-state index is 13.2. The van der Waals surface area contributed by atoms with Crippen LogP contribution in [-0.2, 0) is 21.4 Å². The van der Waals surface area contributed by atoms with E-state index in [9.17, 15) is 22.0 Å². The van der Waals surface area contributed by atoms with E-state index in [1.54, 1.807) is 24.3 Å². The zero-order chi connectivity index (χ0) is 22.4. The average Bonchev–Trinajstić information content (AvgIpc) is 2.74. The Hall–Kier alpha value is -3.46. The van der Waals surface area contributed by atoms with Crippen molar-refractivity contribution in [2.24, 2.45) is 0 Å². The van der Waals surface area contributed by atoms with Crippen LogP contribution >= 0.6 is 0 Å². The third-order valence-corrected chi connectivity index (χ3v) is 5.41. The fraction of sp³-hybridized carbons (Fsp3) is 0.136. The Morgan fingerprint density at radius 2 is 1.65 bits per heavy atom. The van der Waals surface area contributed by atoms with Gasteiger partial charge in [-0.3, -0.25) is 9.10 Å². The minimum absolute atomic E-state index is 0.104. The maximum Gasteiger partial charge on any atom is 0.262 e. The lowest BCUT2D eigenvalue weighted by molar-refractivity contribution is -0.118. The van der Waals surface area contributed by atoms with Gasteiger partial charge >= 0.3 is 0 Å². The molecule has 0 saturated heterocycles. The molecule has 3 aromatic carbocycles. The first-order valence-electron chi connectivity index (χ1n) is 9.22. The van der Waals surface area contributed by atoms with Crippen molar-refractivity contribution in [3.05, 3.63) is 90.0 Å². The molecular weight excluding hydrogens is 426 g/mol. The third kappa shape index (κ3) is 6.26. The molecule has 0 aromatic heterocycles. The number of carbonyl (C=O) groups excluding carboxylic acids is 1. The first-order valence-corrected chi connectivity index (χ1v) is 11.1. The summed E-state index contributed by atoms with van der Waals surface area (Å²) in [6.07, 6.45) is 1.13. The molecule has 0 spiro atoms. The van der Waals surface area contributed by atoms with Gasteiger partial charge in [0.25, 0.3) is 5.91 Å². The van der Waals surface area contributed by atoms with Crippen molar-refractivity contribution in [1.29, 1.82) is 0 Å². The fourth-order valence-corrected chi connectivity index (χ4v) is 3.67. The lowest BCUT2D eigenvalue weighted by Crippen LogP contribution is -2.29. The molecular formula is C22H20F2N2O4S. The van der Waals surface area contributed by atoms with Crippen LogP contribution in [0.2, 0.25) is 0 Å². The standard InChI is InChI=1S/C22H20F2N2O4S/c1-31(28,29)26(14-16-5-3-2-4-6-16)18-8-10-19(11-9-18)30-15-22(27)25-17-7-12-20(23)21(24)13-17/h2-13H,14-15H2,1H3,(H,25,27). The molecule has 0 radical (unpaired) electrons. The highest BCUT2D eigenvalue weighted by Gasteiger charge is 2.18. The number of anilines is 2. The molecule has 0 fully saturated rings. The van der Waals surface area contributed by atoms with E-state index >= 15 is 0 Å². The molecule has 0 aliphatic carbocycles. The second-order valence-corrected chi connectivity index (χ2v) is 8.62. The Morgan fingerprint density at radius 1 is 0.968 bits per heavy atom. The number of amides is 1. The fourth-order valence-electron chi connectivity index (χ4n) is 2.78. The van der Waals surface area contributed by atoms with E-state index in [-0.39, 0.29) is 18.8 Å². The molecule has 31 heavy (non-hydrogen) atoms. The first kappa shape index (κ1) is 22.2. The van der Waals surface area contributed by atoms with Gasteiger partial charge in [-0.25, -0.2) is 17.2 Å². The molecule has 1 amide bonds. The Bertz CT molecular complexity index is 1150. The van der Waals surface area contributed by atoms with Gasteiger partial charge in [0.2, 0.25) is 10.0 Å². The molecule has 0 saturated carbocycles. The predicted molar refractivity (Wildman–Crippen MR) is 114 cm³/mol. The molecule has 0 unspecified atom stereocenters. The van der Waals surface area contributed by atoms with E-state index < -0.39 is 27.6 Å². The van der Waals surface area contributed by atoms with Crippen molar-refractivity contribution in [2.75, 3.05) is 22.5 Å². The predicted octanol–water partition coefficient (Wildman–Crippen LogP) is 3.95. The number of benzene rings is 3. The number of hydrogen-bond donors (Lipinski definition) is 1. The second kappa shape index (κ2) is 9.57. The molecule has 0 aliphatic heterocycles. The van der Waals surface area contributed by atoms with Crippen LogP contribution in [0.25, 0.3) is 0 Å². The minimum Gasteiger partial charge on any atom is -0.484 e. The molecule has 3 aromatic rings. The Balaban J connectivity index is 1.63. The van der Waals surface area contributed by atoms with Crippen LogP contribution in [0.5, 0.6) is 5.75 Å². The SMILES string of the molecule is CS(=O)(=O)N(Cc1ccccc1)c1ccc(OCC(=O)Nc2ccc(F)c(F)c2)cc1. The molecule has 1 N–H and O–H groups in total.